The van der Waals surface area contributed by atoms with E-state index in [4.69, 9.17) is 13.6 Å². The summed E-state index contributed by atoms with van der Waals surface area (Å²) < 4.78 is 16.3. The molecule has 0 saturated carbocycles. The lowest BCUT2D eigenvalue weighted by Gasteiger charge is -2.13. The predicted octanol–water partition coefficient (Wildman–Crippen LogP) is 3.57. The zero-order chi connectivity index (χ0) is 20.4. The number of carbonyl (C=O) groups excluding carboxylic acids is 2. The molecule has 8 nitrogen and oxygen atoms in total. The minimum absolute atomic E-state index is 0.130. The molecule has 3 aromatic heterocycles. The Morgan fingerprint density at radius 3 is 2.83 bits per heavy atom. The highest BCUT2D eigenvalue weighted by atomic mass is 16.5. The normalized spacial score (nSPS) is 14.5. The zero-order valence-electron chi connectivity index (χ0n) is 16.0. The molecule has 3 heterocycles. The second-order valence-electron chi connectivity index (χ2n) is 6.68. The van der Waals surface area contributed by atoms with Crippen LogP contribution >= 0.6 is 0 Å². The van der Waals surface area contributed by atoms with Crippen LogP contribution in [0.3, 0.4) is 0 Å². The van der Waals surface area contributed by atoms with Gasteiger partial charge in [-0.05, 0) is 44.9 Å². The Balaban J connectivity index is 1.58. The average molecular weight is 393 g/mol. The van der Waals surface area contributed by atoms with Crippen molar-refractivity contribution in [2.45, 2.75) is 33.1 Å². The third-order valence-corrected chi connectivity index (χ3v) is 4.75. The number of aryl methyl sites for hydroxylation is 2. The van der Waals surface area contributed by atoms with Crippen molar-refractivity contribution in [3.63, 3.8) is 0 Å². The van der Waals surface area contributed by atoms with Gasteiger partial charge in [-0.2, -0.15) is 5.10 Å². The first-order valence-corrected chi connectivity index (χ1v) is 9.20. The molecule has 3 aromatic rings. The summed E-state index contributed by atoms with van der Waals surface area (Å²) in [5, 5.41) is 4.29. The van der Waals surface area contributed by atoms with Crippen LogP contribution in [0.1, 0.15) is 56.4 Å². The second-order valence-corrected chi connectivity index (χ2v) is 6.68. The average Bonchev–Trinajstić information content (AvgIpc) is 3.30. The molecule has 0 aliphatic heterocycles. The molecule has 1 aliphatic carbocycles. The van der Waals surface area contributed by atoms with Crippen molar-refractivity contribution < 1.29 is 23.2 Å². The van der Waals surface area contributed by atoms with Crippen LogP contribution in [0.25, 0.3) is 0 Å². The van der Waals surface area contributed by atoms with E-state index >= 15 is 0 Å². The lowest BCUT2D eigenvalue weighted by Crippen LogP contribution is -2.22. The smallest absolute Gasteiger partial charge is 0.379 e. The van der Waals surface area contributed by atoms with Crippen LogP contribution < -0.4 is 10.2 Å². The molecule has 1 N–H and O–H groups in total. The van der Waals surface area contributed by atoms with E-state index in [1.807, 2.05) is 0 Å². The van der Waals surface area contributed by atoms with Gasteiger partial charge < -0.3 is 13.6 Å². The number of carbonyl (C=O) groups is 2. The quantitative estimate of drug-likeness (QED) is 0.536. The number of rotatable bonds is 4. The number of ether oxygens (including phenoxy) is 1. The van der Waals surface area contributed by atoms with E-state index in [1.165, 1.54) is 12.5 Å². The molecule has 0 saturated heterocycles. The van der Waals surface area contributed by atoms with Crippen molar-refractivity contribution in [3.05, 3.63) is 70.8 Å². The number of hydrogen-bond acceptors (Lipinski definition) is 7. The van der Waals surface area contributed by atoms with Crippen molar-refractivity contribution >= 4 is 17.6 Å². The highest BCUT2D eigenvalue weighted by molar-refractivity contribution is 6.06. The maximum Gasteiger partial charge on any atom is 0.379 e. The first kappa shape index (κ1) is 18.7. The molecule has 8 heteroatoms. The fourth-order valence-corrected chi connectivity index (χ4v) is 3.33. The summed E-state index contributed by atoms with van der Waals surface area (Å²) in [6.45, 7) is 3.49. The Morgan fingerprint density at radius 2 is 2.10 bits per heavy atom. The van der Waals surface area contributed by atoms with E-state index in [2.05, 4.69) is 15.5 Å². The van der Waals surface area contributed by atoms with Crippen LogP contribution in [0.15, 0.2) is 50.8 Å². The summed E-state index contributed by atoms with van der Waals surface area (Å²) in [5.41, 5.74) is 5.05. The van der Waals surface area contributed by atoms with Gasteiger partial charge in [0.2, 0.25) is 5.76 Å². The van der Waals surface area contributed by atoms with Crippen LogP contribution in [0.4, 0.5) is 0 Å². The van der Waals surface area contributed by atoms with Crippen molar-refractivity contribution in [2.75, 3.05) is 0 Å². The van der Waals surface area contributed by atoms with Gasteiger partial charge in [0.05, 0.1) is 23.7 Å². The molecule has 1 amide bonds. The highest BCUT2D eigenvalue weighted by Gasteiger charge is 2.29. The van der Waals surface area contributed by atoms with E-state index in [0.29, 0.717) is 47.0 Å². The summed E-state index contributed by atoms with van der Waals surface area (Å²) in [4.78, 5) is 28.8. The predicted molar refractivity (Wildman–Crippen MR) is 103 cm³/mol. The van der Waals surface area contributed by atoms with Crippen molar-refractivity contribution in [2.24, 2.45) is 5.10 Å². The SMILES string of the molecule is Cc1occc1C(=O)N/N=C1\CCCc2oc(C(=O)Oc3cccnc3)c(C)c21. The Kier molecular flexibility index (Phi) is 4.99. The van der Waals surface area contributed by atoms with E-state index in [9.17, 15) is 9.59 Å². The van der Waals surface area contributed by atoms with E-state index in [1.54, 1.807) is 38.2 Å². The summed E-state index contributed by atoms with van der Waals surface area (Å²) in [5.74, 6) is 0.704. The highest BCUT2D eigenvalue weighted by Crippen LogP contribution is 2.30. The molecular weight excluding hydrogens is 374 g/mol. The lowest BCUT2D eigenvalue weighted by molar-refractivity contribution is 0.0697. The molecule has 1 aliphatic rings. The third kappa shape index (κ3) is 3.69. The summed E-state index contributed by atoms with van der Waals surface area (Å²) in [6, 6.07) is 4.91. The number of pyridine rings is 1. The topological polar surface area (TPSA) is 107 Å². The monoisotopic (exact) mass is 393 g/mol. The standard InChI is InChI=1S/C21H19N3O5/c1-12-18-16(23-24-20(25)15-8-10-27-13(15)2)6-3-7-17(18)29-19(12)21(26)28-14-5-4-9-22-11-14/h4-5,8-11H,3,6-7H2,1-2H3,(H,24,25)/b23-16+. The van der Waals surface area contributed by atoms with Gasteiger partial charge in [0.25, 0.3) is 5.91 Å². The fourth-order valence-electron chi connectivity index (χ4n) is 3.33. The number of amides is 1. The van der Waals surface area contributed by atoms with Crippen LogP contribution in [0.5, 0.6) is 5.75 Å². The van der Waals surface area contributed by atoms with Gasteiger partial charge >= 0.3 is 5.97 Å². The van der Waals surface area contributed by atoms with Gasteiger partial charge in [-0.15, -0.1) is 0 Å². The van der Waals surface area contributed by atoms with Crippen LogP contribution in [0.2, 0.25) is 0 Å². The fraction of sp³-hybridized carbons (Fsp3) is 0.238. The van der Waals surface area contributed by atoms with Gasteiger partial charge in [-0.1, -0.05) is 0 Å². The molecule has 4 rings (SSSR count). The molecule has 29 heavy (non-hydrogen) atoms. The van der Waals surface area contributed by atoms with Crippen LogP contribution in [0, 0.1) is 13.8 Å². The number of aromatic nitrogens is 1. The molecule has 0 aromatic carbocycles. The molecule has 0 radical (unpaired) electrons. The number of nitrogens with zero attached hydrogens (tertiary/aromatic N) is 2. The van der Waals surface area contributed by atoms with Crippen molar-refractivity contribution in [1.29, 1.82) is 0 Å². The van der Waals surface area contributed by atoms with Crippen molar-refractivity contribution in [3.8, 4) is 5.75 Å². The van der Waals surface area contributed by atoms with E-state index in [0.717, 1.165) is 12.0 Å². The largest absolute Gasteiger partial charge is 0.469 e. The molecule has 0 spiro atoms. The third-order valence-electron chi connectivity index (χ3n) is 4.75. The van der Waals surface area contributed by atoms with Gasteiger partial charge in [-0.3, -0.25) is 9.78 Å². The van der Waals surface area contributed by atoms with E-state index < -0.39 is 5.97 Å². The van der Waals surface area contributed by atoms with Crippen LogP contribution in [-0.4, -0.2) is 22.6 Å². The first-order chi connectivity index (χ1) is 14.0. The summed E-state index contributed by atoms with van der Waals surface area (Å²) in [6.07, 6.45) is 6.65. The molecule has 0 atom stereocenters. The second kappa shape index (κ2) is 7.75. The van der Waals surface area contributed by atoms with Gasteiger partial charge in [0, 0.05) is 23.7 Å². The molecule has 0 unspecified atom stereocenters. The Hall–Kier alpha value is -3.68. The summed E-state index contributed by atoms with van der Waals surface area (Å²) >= 11 is 0. The number of hydrogen-bond donors (Lipinski definition) is 1. The number of esters is 1. The molecule has 148 valence electrons. The van der Waals surface area contributed by atoms with E-state index in [-0.39, 0.29) is 11.7 Å². The number of furan rings is 2. The van der Waals surface area contributed by atoms with Crippen molar-refractivity contribution in [1.82, 2.24) is 10.4 Å². The lowest BCUT2D eigenvalue weighted by atomic mass is 9.93. The molecule has 0 fully saturated rings. The van der Waals surface area contributed by atoms with Crippen LogP contribution in [-0.2, 0) is 6.42 Å². The Morgan fingerprint density at radius 1 is 1.24 bits per heavy atom. The Bertz CT molecular complexity index is 1090. The minimum atomic E-state index is -0.595. The maximum absolute atomic E-state index is 12.6. The number of nitrogens with one attached hydrogen (secondary N) is 1. The van der Waals surface area contributed by atoms with Gasteiger partial charge in [-0.25, -0.2) is 10.2 Å². The minimum Gasteiger partial charge on any atom is -0.469 e. The maximum atomic E-state index is 12.6. The molecular formula is C21H19N3O5. The number of fused-ring (bicyclic) bond motifs is 1. The molecule has 0 bridgehead atoms. The number of hydrazone groups is 1. The Labute approximate surface area is 166 Å². The zero-order valence-corrected chi connectivity index (χ0v) is 16.0. The van der Waals surface area contributed by atoms with Gasteiger partial charge in [0.1, 0.15) is 17.3 Å². The first-order valence-electron chi connectivity index (χ1n) is 9.20. The van der Waals surface area contributed by atoms with Gasteiger partial charge in [0.15, 0.2) is 0 Å². The summed E-state index contributed by atoms with van der Waals surface area (Å²) in [7, 11) is 0.